The van der Waals surface area contributed by atoms with Crippen LogP contribution in [0.5, 0.6) is 0 Å². The van der Waals surface area contributed by atoms with Crippen LogP contribution in [0.25, 0.3) is 0 Å². The fraction of sp³-hybridized carbons (Fsp3) is 0.500. The Morgan fingerprint density at radius 3 is 2.67 bits per heavy atom. The van der Waals surface area contributed by atoms with E-state index in [2.05, 4.69) is 5.32 Å². The van der Waals surface area contributed by atoms with Gasteiger partial charge in [-0.25, -0.2) is 0 Å². The van der Waals surface area contributed by atoms with E-state index in [9.17, 15) is 4.79 Å². The lowest BCUT2D eigenvalue weighted by Gasteiger charge is -2.17. The van der Waals surface area contributed by atoms with E-state index in [0.717, 1.165) is 11.3 Å². The molecule has 18 heavy (non-hydrogen) atoms. The highest BCUT2D eigenvalue weighted by Crippen LogP contribution is 2.17. The minimum Gasteiger partial charge on any atom is -0.377 e. The molecule has 0 aliphatic carbocycles. The minimum absolute atomic E-state index is 0.0612. The molecule has 2 unspecified atom stereocenters. The number of nitrogens with one attached hydrogen (secondary N) is 1. The van der Waals surface area contributed by atoms with Gasteiger partial charge in [0.15, 0.2) is 0 Å². The summed E-state index contributed by atoms with van der Waals surface area (Å²) in [6, 6.07) is 7.48. The number of ether oxygens (including phenoxy) is 1. The van der Waals surface area contributed by atoms with Crippen LogP contribution in [0.15, 0.2) is 24.3 Å². The first-order valence-electron chi connectivity index (χ1n) is 6.28. The molecule has 0 radical (unpaired) electrons. The van der Waals surface area contributed by atoms with Crippen LogP contribution in [0, 0.1) is 5.92 Å². The summed E-state index contributed by atoms with van der Waals surface area (Å²) >= 11 is 0. The number of carbonyl (C=O) groups excluding carboxylic acids is 1. The Labute approximate surface area is 109 Å². The van der Waals surface area contributed by atoms with E-state index in [1.165, 1.54) is 0 Å². The van der Waals surface area contributed by atoms with Gasteiger partial charge < -0.3 is 15.8 Å². The Hall–Kier alpha value is -1.39. The normalized spacial score (nSPS) is 14.0. The van der Waals surface area contributed by atoms with E-state index in [0.29, 0.717) is 13.2 Å². The largest absolute Gasteiger partial charge is 0.377 e. The molecule has 0 spiro atoms. The standard InChI is InChI=1S/C14H22N2O2/c1-4-18-9-12-7-5-6-8-13(12)16-14(17)10(2)11(3)15/h5-8,10-11H,4,9,15H2,1-3H3,(H,16,17). The summed E-state index contributed by atoms with van der Waals surface area (Å²) in [6.45, 7) is 6.75. The molecule has 0 bridgehead atoms. The van der Waals surface area contributed by atoms with Crippen molar-refractivity contribution in [2.24, 2.45) is 11.7 Å². The van der Waals surface area contributed by atoms with Crippen LogP contribution in [-0.2, 0) is 16.1 Å². The molecule has 3 N–H and O–H groups in total. The lowest BCUT2D eigenvalue weighted by atomic mass is 10.0. The number of para-hydroxylation sites is 1. The summed E-state index contributed by atoms with van der Waals surface area (Å²) in [4.78, 5) is 11.9. The molecule has 0 aliphatic heterocycles. The number of hydrogen-bond acceptors (Lipinski definition) is 3. The average molecular weight is 250 g/mol. The van der Waals surface area contributed by atoms with Gasteiger partial charge in [-0.1, -0.05) is 25.1 Å². The van der Waals surface area contributed by atoms with Crippen molar-refractivity contribution in [1.29, 1.82) is 0 Å². The van der Waals surface area contributed by atoms with Crippen molar-refractivity contribution in [3.05, 3.63) is 29.8 Å². The van der Waals surface area contributed by atoms with Gasteiger partial charge in [0.25, 0.3) is 0 Å². The van der Waals surface area contributed by atoms with Crippen molar-refractivity contribution in [2.75, 3.05) is 11.9 Å². The smallest absolute Gasteiger partial charge is 0.228 e. The molecule has 0 saturated heterocycles. The molecule has 4 heteroatoms. The van der Waals surface area contributed by atoms with Crippen LogP contribution in [-0.4, -0.2) is 18.6 Å². The third kappa shape index (κ3) is 4.13. The van der Waals surface area contributed by atoms with E-state index in [4.69, 9.17) is 10.5 Å². The summed E-state index contributed by atoms with van der Waals surface area (Å²) in [5.41, 5.74) is 7.49. The van der Waals surface area contributed by atoms with E-state index < -0.39 is 0 Å². The molecule has 0 fully saturated rings. The molecule has 100 valence electrons. The van der Waals surface area contributed by atoms with Gasteiger partial charge in [0.2, 0.25) is 5.91 Å². The maximum atomic E-state index is 11.9. The summed E-state index contributed by atoms with van der Waals surface area (Å²) < 4.78 is 5.37. The molecule has 0 saturated carbocycles. The Morgan fingerprint density at radius 2 is 2.06 bits per heavy atom. The van der Waals surface area contributed by atoms with Crippen molar-refractivity contribution in [2.45, 2.75) is 33.4 Å². The second kappa shape index (κ2) is 7.13. The van der Waals surface area contributed by atoms with Crippen molar-refractivity contribution >= 4 is 11.6 Å². The molecule has 0 aliphatic rings. The lowest BCUT2D eigenvalue weighted by Crippen LogP contribution is -2.34. The van der Waals surface area contributed by atoms with Crippen molar-refractivity contribution in [3.63, 3.8) is 0 Å². The Kier molecular flexibility index (Phi) is 5.82. The summed E-state index contributed by atoms with van der Waals surface area (Å²) in [5.74, 6) is -0.279. The molecule has 1 rings (SSSR count). The van der Waals surface area contributed by atoms with Gasteiger partial charge >= 0.3 is 0 Å². The highest BCUT2D eigenvalue weighted by molar-refractivity contribution is 5.93. The number of carbonyl (C=O) groups is 1. The highest BCUT2D eigenvalue weighted by Gasteiger charge is 2.17. The third-order valence-corrected chi connectivity index (χ3v) is 2.94. The molecule has 0 aromatic heterocycles. The predicted molar refractivity (Wildman–Crippen MR) is 73.2 cm³/mol. The van der Waals surface area contributed by atoms with E-state index in [1.54, 1.807) is 0 Å². The maximum Gasteiger partial charge on any atom is 0.228 e. The topological polar surface area (TPSA) is 64.3 Å². The first kappa shape index (κ1) is 14.7. The van der Waals surface area contributed by atoms with Gasteiger partial charge in [0, 0.05) is 23.9 Å². The van der Waals surface area contributed by atoms with Gasteiger partial charge in [-0.2, -0.15) is 0 Å². The van der Waals surface area contributed by atoms with Gasteiger partial charge in [0.05, 0.1) is 12.5 Å². The lowest BCUT2D eigenvalue weighted by molar-refractivity contribution is -0.119. The predicted octanol–water partition coefficient (Wildman–Crippen LogP) is 2.14. The molecule has 1 amide bonds. The zero-order valence-corrected chi connectivity index (χ0v) is 11.3. The van der Waals surface area contributed by atoms with Crippen LogP contribution in [0.3, 0.4) is 0 Å². The van der Waals surface area contributed by atoms with E-state index >= 15 is 0 Å². The van der Waals surface area contributed by atoms with Gasteiger partial charge in [0.1, 0.15) is 0 Å². The van der Waals surface area contributed by atoms with Gasteiger partial charge in [-0.05, 0) is 19.9 Å². The monoisotopic (exact) mass is 250 g/mol. The maximum absolute atomic E-state index is 11.9. The molecule has 1 aromatic carbocycles. The zero-order valence-electron chi connectivity index (χ0n) is 11.3. The third-order valence-electron chi connectivity index (χ3n) is 2.94. The highest BCUT2D eigenvalue weighted by atomic mass is 16.5. The minimum atomic E-state index is -0.217. The first-order chi connectivity index (χ1) is 8.56. The second-order valence-corrected chi connectivity index (χ2v) is 4.43. The molecule has 2 atom stereocenters. The van der Waals surface area contributed by atoms with Crippen LogP contribution in [0.2, 0.25) is 0 Å². The van der Waals surface area contributed by atoms with Gasteiger partial charge in [-0.3, -0.25) is 4.79 Å². The number of rotatable bonds is 6. The summed E-state index contributed by atoms with van der Waals surface area (Å²) in [5, 5.41) is 2.90. The molecular formula is C14H22N2O2. The SMILES string of the molecule is CCOCc1ccccc1NC(=O)C(C)C(C)N. The fourth-order valence-corrected chi connectivity index (χ4v) is 1.47. The number of benzene rings is 1. The van der Waals surface area contributed by atoms with Crippen molar-refractivity contribution in [3.8, 4) is 0 Å². The Morgan fingerprint density at radius 1 is 1.39 bits per heavy atom. The average Bonchev–Trinajstić information content (AvgIpc) is 2.36. The van der Waals surface area contributed by atoms with Crippen LogP contribution >= 0.6 is 0 Å². The number of nitrogens with two attached hydrogens (primary N) is 1. The molecule has 0 heterocycles. The fourth-order valence-electron chi connectivity index (χ4n) is 1.47. The number of hydrogen-bond donors (Lipinski definition) is 2. The van der Waals surface area contributed by atoms with Crippen molar-refractivity contribution in [1.82, 2.24) is 0 Å². The molecule has 4 nitrogen and oxygen atoms in total. The Balaban J connectivity index is 2.74. The van der Waals surface area contributed by atoms with Crippen LogP contribution < -0.4 is 11.1 Å². The quantitative estimate of drug-likeness (QED) is 0.813. The molecule has 1 aromatic rings. The van der Waals surface area contributed by atoms with Crippen LogP contribution in [0.1, 0.15) is 26.3 Å². The number of amides is 1. The summed E-state index contributed by atoms with van der Waals surface area (Å²) in [6.07, 6.45) is 0. The van der Waals surface area contributed by atoms with Gasteiger partial charge in [-0.15, -0.1) is 0 Å². The van der Waals surface area contributed by atoms with E-state index in [1.807, 2.05) is 45.0 Å². The van der Waals surface area contributed by atoms with Crippen LogP contribution in [0.4, 0.5) is 5.69 Å². The summed E-state index contributed by atoms with van der Waals surface area (Å²) in [7, 11) is 0. The van der Waals surface area contributed by atoms with Crippen molar-refractivity contribution < 1.29 is 9.53 Å². The number of anilines is 1. The van der Waals surface area contributed by atoms with E-state index in [-0.39, 0.29) is 17.9 Å². The zero-order chi connectivity index (χ0) is 13.5. The first-order valence-corrected chi connectivity index (χ1v) is 6.28. The second-order valence-electron chi connectivity index (χ2n) is 4.43. The molecular weight excluding hydrogens is 228 g/mol. The Bertz CT molecular complexity index is 391.